The fourth-order valence-corrected chi connectivity index (χ4v) is 4.95. The van der Waals surface area contributed by atoms with Gasteiger partial charge in [0.25, 0.3) is 0 Å². The van der Waals surface area contributed by atoms with Gasteiger partial charge in [0, 0.05) is 37.0 Å². The molecule has 2 amide bonds. The van der Waals surface area contributed by atoms with Gasteiger partial charge in [0.15, 0.2) is 5.78 Å². The minimum absolute atomic E-state index is 0.0241. The number of benzene rings is 1. The maximum atomic E-state index is 14.0. The molecule has 3 rings (SSSR count). The number of hydrogen-bond donors (Lipinski definition) is 3. The molecule has 218 valence electrons. The van der Waals surface area contributed by atoms with Gasteiger partial charge in [0.2, 0.25) is 11.8 Å². The van der Waals surface area contributed by atoms with Crippen molar-refractivity contribution in [1.82, 2.24) is 20.9 Å². The molecule has 8 nitrogen and oxygen atoms in total. The molecule has 5 atom stereocenters. The average molecular weight is 551 g/mol. The molecule has 0 aliphatic carbocycles. The highest BCUT2D eigenvalue weighted by molar-refractivity contribution is 5.96. The minimum atomic E-state index is -0.967. The number of carbonyl (C=O) groups is 3. The summed E-state index contributed by atoms with van der Waals surface area (Å²) in [5.41, 5.74) is 0.798. The van der Waals surface area contributed by atoms with E-state index in [1.54, 1.807) is 13.1 Å². The summed E-state index contributed by atoms with van der Waals surface area (Å²) in [6, 6.07) is 12.2. The summed E-state index contributed by atoms with van der Waals surface area (Å²) in [5, 5.41) is 9.42. The highest BCUT2D eigenvalue weighted by atomic mass is 16.5. The molecule has 0 radical (unpaired) electrons. The molecule has 1 aliphatic heterocycles. The zero-order chi connectivity index (χ0) is 29.3. The molecule has 0 spiro atoms. The summed E-state index contributed by atoms with van der Waals surface area (Å²) in [6.07, 6.45) is 4.00. The quantitative estimate of drug-likeness (QED) is 0.533. The lowest BCUT2D eigenvalue weighted by Gasteiger charge is -2.36. The number of aromatic nitrogens is 1. The van der Waals surface area contributed by atoms with Crippen molar-refractivity contribution in [2.24, 2.45) is 17.3 Å². The van der Waals surface area contributed by atoms with Gasteiger partial charge in [0.05, 0.1) is 11.7 Å². The average Bonchev–Trinajstić information content (AvgIpc) is 2.94. The number of amides is 2. The SMILES string of the molecule is CCC(C)[C@@H]1NC[C@@H](C)Oc2cccnc2CCCNC(=O)[C@@H](Cc2ccccc2)NC(=O)[C@@H](C)C(C)(C)C1=O. The summed E-state index contributed by atoms with van der Waals surface area (Å²) in [5.74, 6) is -0.466. The number of Topliss-reactive ketones (excluding diaryl/α,β-unsaturated/α-hetero) is 1. The molecule has 0 saturated carbocycles. The lowest BCUT2D eigenvalue weighted by molar-refractivity contribution is -0.141. The number of carbonyl (C=O) groups excluding carboxylic acids is 3. The minimum Gasteiger partial charge on any atom is -0.487 e. The number of fused-ring (bicyclic) bond motifs is 1. The van der Waals surface area contributed by atoms with Gasteiger partial charge in [-0.2, -0.15) is 0 Å². The van der Waals surface area contributed by atoms with Gasteiger partial charge in [-0.1, -0.05) is 71.4 Å². The van der Waals surface area contributed by atoms with Crippen LogP contribution in [0.3, 0.4) is 0 Å². The zero-order valence-corrected chi connectivity index (χ0v) is 24.8. The molecule has 2 aromatic rings. The van der Waals surface area contributed by atoms with Gasteiger partial charge in [-0.15, -0.1) is 0 Å². The Morgan fingerprint density at radius 1 is 1.05 bits per heavy atom. The van der Waals surface area contributed by atoms with E-state index in [0.717, 1.165) is 17.7 Å². The molecule has 0 bridgehead atoms. The zero-order valence-electron chi connectivity index (χ0n) is 24.8. The van der Waals surface area contributed by atoms with Crippen LogP contribution in [0.25, 0.3) is 0 Å². The van der Waals surface area contributed by atoms with Crippen LogP contribution in [0.5, 0.6) is 5.75 Å². The molecular formula is C32H46N4O4. The van der Waals surface area contributed by atoms with E-state index in [1.807, 2.05) is 70.2 Å². The topological polar surface area (TPSA) is 109 Å². The Balaban J connectivity index is 1.93. The monoisotopic (exact) mass is 550 g/mol. The number of ether oxygens (including phenoxy) is 1. The molecule has 1 unspecified atom stereocenters. The summed E-state index contributed by atoms with van der Waals surface area (Å²) in [6.45, 7) is 12.4. The van der Waals surface area contributed by atoms with Gasteiger partial charge >= 0.3 is 0 Å². The van der Waals surface area contributed by atoms with Gasteiger partial charge in [0.1, 0.15) is 17.9 Å². The fourth-order valence-electron chi connectivity index (χ4n) is 4.95. The number of pyridine rings is 1. The van der Waals surface area contributed by atoms with E-state index in [0.29, 0.717) is 38.1 Å². The fraction of sp³-hybridized carbons (Fsp3) is 0.562. The maximum absolute atomic E-state index is 14.0. The molecule has 3 N–H and O–H groups in total. The normalized spacial score (nSPS) is 25.8. The van der Waals surface area contributed by atoms with Crippen LogP contribution >= 0.6 is 0 Å². The maximum Gasteiger partial charge on any atom is 0.242 e. The molecule has 1 aromatic carbocycles. The van der Waals surface area contributed by atoms with E-state index in [9.17, 15) is 14.4 Å². The standard InChI is InChI=1S/C32H46N4O4/c1-7-21(2)28-29(37)32(5,6)23(4)30(38)36-26(19-24-13-9-8-10-14-24)31(39)34-18-11-15-25-27(16-12-17-33-25)40-22(3)20-35-28/h8-10,12-14,16-17,21-23,26,28,35H,7,11,15,18-20H2,1-6H3,(H,34,39)(H,36,38)/t21?,22-,23-,26-,28+/m1/s1. The molecule has 8 heteroatoms. The summed E-state index contributed by atoms with van der Waals surface area (Å²) in [4.78, 5) is 45.4. The second-order valence-electron chi connectivity index (χ2n) is 11.6. The van der Waals surface area contributed by atoms with E-state index < -0.39 is 23.4 Å². The highest BCUT2D eigenvalue weighted by Crippen LogP contribution is 2.32. The smallest absolute Gasteiger partial charge is 0.242 e. The van der Waals surface area contributed by atoms with Crippen LogP contribution in [-0.4, -0.2) is 53.9 Å². The van der Waals surface area contributed by atoms with Crippen LogP contribution in [0, 0.1) is 17.3 Å². The van der Waals surface area contributed by atoms with Crippen LogP contribution in [0.15, 0.2) is 48.7 Å². The van der Waals surface area contributed by atoms with Gasteiger partial charge in [-0.05, 0) is 43.4 Å². The van der Waals surface area contributed by atoms with Crippen LogP contribution in [0.2, 0.25) is 0 Å². The molecule has 0 saturated heterocycles. The molecule has 1 aliphatic rings. The third-order valence-corrected chi connectivity index (χ3v) is 8.21. The number of rotatable bonds is 4. The van der Waals surface area contributed by atoms with Crippen molar-refractivity contribution in [3.8, 4) is 5.75 Å². The Morgan fingerprint density at radius 3 is 2.48 bits per heavy atom. The van der Waals surface area contributed by atoms with E-state index in [4.69, 9.17) is 4.74 Å². The molecule has 0 fully saturated rings. The first-order chi connectivity index (χ1) is 19.0. The number of nitrogens with zero attached hydrogens (tertiary/aromatic N) is 1. The van der Waals surface area contributed by atoms with E-state index in [2.05, 4.69) is 27.9 Å². The number of ketones is 1. The Morgan fingerprint density at radius 2 is 1.77 bits per heavy atom. The highest BCUT2D eigenvalue weighted by Gasteiger charge is 2.43. The predicted molar refractivity (Wildman–Crippen MR) is 157 cm³/mol. The van der Waals surface area contributed by atoms with Crippen molar-refractivity contribution >= 4 is 17.6 Å². The Bertz CT molecular complexity index is 1140. The summed E-state index contributed by atoms with van der Waals surface area (Å²) < 4.78 is 6.25. The largest absolute Gasteiger partial charge is 0.487 e. The third-order valence-electron chi connectivity index (χ3n) is 8.21. The second kappa shape index (κ2) is 14.4. The first-order valence-corrected chi connectivity index (χ1v) is 14.5. The van der Waals surface area contributed by atoms with Crippen molar-refractivity contribution in [2.45, 2.75) is 85.4 Å². The Hall–Kier alpha value is -3.26. The molecule has 2 heterocycles. The molecule has 40 heavy (non-hydrogen) atoms. The van der Waals surface area contributed by atoms with Crippen molar-refractivity contribution in [3.63, 3.8) is 0 Å². The van der Waals surface area contributed by atoms with E-state index in [1.165, 1.54) is 0 Å². The van der Waals surface area contributed by atoms with Crippen molar-refractivity contribution in [3.05, 3.63) is 59.9 Å². The van der Waals surface area contributed by atoms with Crippen LogP contribution in [0.4, 0.5) is 0 Å². The second-order valence-corrected chi connectivity index (χ2v) is 11.6. The van der Waals surface area contributed by atoms with Gasteiger partial charge in [-0.3, -0.25) is 19.4 Å². The van der Waals surface area contributed by atoms with Crippen molar-refractivity contribution in [1.29, 1.82) is 0 Å². The predicted octanol–water partition coefficient (Wildman–Crippen LogP) is 3.87. The van der Waals surface area contributed by atoms with E-state index in [-0.39, 0.29) is 29.6 Å². The van der Waals surface area contributed by atoms with Crippen LogP contribution in [0.1, 0.15) is 65.6 Å². The van der Waals surface area contributed by atoms with Crippen LogP contribution < -0.4 is 20.7 Å². The summed E-state index contributed by atoms with van der Waals surface area (Å²) >= 11 is 0. The lowest BCUT2D eigenvalue weighted by atomic mass is 9.71. The number of nitrogens with one attached hydrogen (secondary N) is 3. The lowest BCUT2D eigenvalue weighted by Crippen LogP contribution is -2.55. The van der Waals surface area contributed by atoms with Crippen LogP contribution in [-0.2, 0) is 27.2 Å². The molecular weight excluding hydrogens is 504 g/mol. The van der Waals surface area contributed by atoms with Gasteiger partial charge < -0.3 is 20.7 Å². The first-order valence-electron chi connectivity index (χ1n) is 14.5. The Kier molecular flexibility index (Phi) is 11.3. The Labute approximate surface area is 239 Å². The summed E-state index contributed by atoms with van der Waals surface area (Å²) in [7, 11) is 0. The first kappa shape index (κ1) is 31.3. The number of aryl methyl sites for hydroxylation is 1. The van der Waals surface area contributed by atoms with Gasteiger partial charge in [-0.25, -0.2) is 0 Å². The molecule has 1 aromatic heterocycles. The third kappa shape index (κ3) is 8.13. The number of hydrogen-bond acceptors (Lipinski definition) is 6. The van der Waals surface area contributed by atoms with E-state index >= 15 is 0 Å². The van der Waals surface area contributed by atoms with Crippen molar-refractivity contribution in [2.75, 3.05) is 13.1 Å². The van der Waals surface area contributed by atoms with Crippen molar-refractivity contribution < 1.29 is 19.1 Å².